The van der Waals surface area contributed by atoms with E-state index in [4.69, 9.17) is 11.6 Å². The zero-order valence-corrected chi connectivity index (χ0v) is 18.1. The third-order valence-electron chi connectivity index (χ3n) is 4.61. The molecule has 0 bridgehead atoms. The van der Waals surface area contributed by atoms with E-state index in [1.807, 2.05) is 33.8 Å². The summed E-state index contributed by atoms with van der Waals surface area (Å²) in [5.41, 5.74) is 4.41. The second-order valence-electron chi connectivity index (χ2n) is 6.95. The van der Waals surface area contributed by atoms with Gasteiger partial charge in [-0.25, -0.2) is 12.8 Å². The molecule has 5 nitrogen and oxygen atoms in total. The van der Waals surface area contributed by atoms with Crippen LogP contribution >= 0.6 is 11.6 Å². The fraction of sp³-hybridized carbons (Fsp3) is 0.350. The van der Waals surface area contributed by atoms with Gasteiger partial charge in [0.15, 0.2) is 0 Å². The second kappa shape index (κ2) is 8.49. The van der Waals surface area contributed by atoms with Crippen LogP contribution in [-0.4, -0.2) is 27.1 Å². The summed E-state index contributed by atoms with van der Waals surface area (Å²) < 4.78 is 38.6. The van der Waals surface area contributed by atoms with Gasteiger partial charge in [-0.2, -0.15) is 0 Å². The zero-order valence-electron chi connectivity index (χ0n) is 16.5. The maximum Gasteiger partial charge on any atom is 0.241 e. The first-order chi connectivity index (χ1) is 12.9. The highest BCUT2D eigenvalue weighted by Gasteiger charge is 2.23. The fourth-order valence-electron chi connectivity index (χ4n) is 2.98. The average Bonchev–Trinajstić information content (AvgIpc) is 2.57. The molecule has 0 heterocycles. The molecule has 0 aliphatic carbocycles. The predicted molar refractivity (Wildman–Crippen MR) is 111 cm³/mol. The predicted octanol–water partition coefficient (Wildman–Crippen LogP) is 4.05. The number of sulfonamides is 1. The van der Waals surface area contributed by atoms with E-state index >= 15 is 0 Å². The number of carbonyl (C=O) groups excluding carboxylic acids is 1. The van der Waals surface area contributed by atoms with E-state index in [2.05, 4.69) is 11.4 Å². The Morgan fingerprint density at radius 1 is 1.14 bits per heavy atom. The summed E-state index contributed by atoms with van der Waals surface area (Å²) in [5.74, 6) is -1.14. The average molecular weight is 427 g/mol. The normalized spacial score (nSPS) is 12.5. The van der Waals surface area contributed by atoms with E-state index in [1.54, 1.807) is 0 Å². The van der Waals surface area contributed by atoms with Gasteiger partial charge >= 0.3 is 0 Å². The summed E-state index contributed by atoms with van der Waals surface area (Å²) >= 11 is 5.76. The molecule has 0 spiro atoms. The largest absolute Gasteiger partial charge is 0.348 e. The Labute approximate surface area is 170 Å². The topological polar surface area (TPSA) is 66.5 Å². The lowest BCUT2D eigenvalue weighted by atomic mass is 9.96. The highest BCUT2D eigenvalue weighted by molar-refractivity contribution is 7.92. The summed E-state index contributed by atoms with van der Waals surface area (Å²) in [4.78, 5) is 12.5. The molecule has 2 aromatic carbocycles. The monoisotopic (exact) mass is 426 g/mol. The van der Waals surface area contributed by atoms with Crippen LogP contribution in [0.3, 0.4) is 0 Å². The molecule has 2 aromatic rings. The molecule has 152 valence electrons. The minimum Gasteiger partial charge on any atom is -0.348 e. The molecule has 1 N–H and O–H groups in total. The quantitative estimate of drug-likeness (QED) is 0.757. The van der Waals surface area contributed by atoms with Crippen molar-refractivity contribution in [1.82, 2.24) is 5.32 Å². The van der Waals surface area contributed by atoms with Crippen LogP contribution in [0.1, 0.15) is 35.2 Å². The molecule has 1 atom stereocenters. The molecule has 0 saturated heterocycles. The smallest absolute Gasteiger partial charge is 0.241 e. The summed E-state index contributed by atoms with van der Waals surface area (Å²) in [6.07, 6.45) is 0.981. The number of halogens is 2. The van der Waals surface area contributed by atoms with Crippen LogP contribution in [0.4, 0.5) is 10.1 Å². The van der Waals surface area contributed by atoms with Gasteiger partial charge in [-0.05, 0) is 68.1 Å². The first-order valence-electron chi connectivity index (χ1n) is 8.70. The standard InChI is InChI=1S/C20H24ClFN2O3S/c1-12-8-14(3)17(9-13(12)2)15(4)23-20(25)11-24(28(5,26)27)16-6-7-19(22)18(21)10-16/h6-10,15H,11H2,1-5H3,(H,23,25)/t15-/m0/s1. The molecule has 0 fully saturated rings. The lowest BCUT2D eigenvalue weighted by Gasteiger charge is -2.24. The number of hydrogen-bond acceptors (Lipinski definition) is 3. The maximum absolute atomic E-state index is 13.4. The van der Waals surface area contributed by atoms with Crippen LogP contribution < -0.4 is 9.62 Å². The zero-order chi connectivity index (χ0) is 21.2. The van der Waals surface area contributed by atoms with Gasteiger partial charge in [-0.15, -0.1) is 0 Å². The van der Waals surface area contributed by atoms with Crippen molar-refractivity contribution in [2.45, 2.75) is 33.7 Å². The van der Waals surface area contributed by atoms with Crippen molar-refractivity contribution >= 4 is 33.2 Å². The molecule has 28 heavy (non-hydrogen) atoms. The summed E-state index contributed by atoms with van der Waals surface area (Å²) in [6.45, 7) is 7.39. The van der Waals surface area contributed by atoms with Crippen molar-refractivity contribution in [3.8, 4) is 0 Å². The Kier molecular flexibility index (Phi) is 6.72. The van der Waals surface area contributed by atoms with Crippen molar-refractivity contribution in [2.75, 3.05) is 17.1 Å². The van der Waals surface area contributed by atoms with E-state index in [1.165, 1.54) is 12.1 Å². The van der Waals surface area contributed by atoms with Crippen LogP contribution in [0.2, 0.25) is 5.02 Å². The van der Waals surface area contributed by atoms with Gasteiger partial charge in [0, 0.05) is 0 Å². The van der Waals surface area contributed by atoms with E-state index in [0.717, 1.165) is 38.9 Å². The van der Waals surface area contributed by atoms with Crippen LogP contribution in [0.15, 0.2) is 30.3 Å². The van der Waals surface area contributed by atoms with Crippen LogP contribution in [0.5, 0.6) is 0 Å². The Hall–Kier alpha value is -2.12. The minimum atomic E-state index is -3.77. The van der Waals surface area contributed by atoms with Crippen molar-refractivity contribution in [3.05, 3.63) is 63.4 Å². The molecule has 0 radical (unpaired) electrons. The fourth-order valence-corrected chi connectivity index (χ4v) is 4.01. The molecule has 0 aliphatic rings. The lowest BCUT2D eigenvalue weighted by molar-refractivity contribution is -0.120. The molecule has 0 unspecified atom stereocenters. The Balaban J connectivity index is 2.22. The van der Waals surface area contributed by atoms with E-state index in [0.29, 0.717) is 0 Å². The Morgan fingerprint density at radius 3 is 2.32 bits per heavy atom. The first kappa shape index (κ1) is 22.2. The molecule has 1 amide bonds. The van der Waals surface area contributed by atoms with Gasteiger partial charge in [0.2, 0.25) is 15.9 Å². The van der Waals surface area contributed by atoms with Gasteiger partial charge in [0.05, 0.1) is 23.0 Å². The minimum absolute atomic E-state index is 0.124. The number of benzene rings is 2. The molecular weight excluding hydrogens is 403 g/mol. The van der Waals surface area contributed by atoms with Crippen molar-refractivity contribution < 1.29 is 17.6 Å². The van der Waals surface area contributed by atoms with Crippen molar-refractivity contribution in [2.24, 2.45) is 0 Å². The van der Waals surface area contributed by atoms with Crippen LogP contribution in [0.25, 0.3) is 0 Å². The number of hydrogen-bond donors (Lipinski definition) is 1. The number of nitrogens with one attached hydrogen (secondary N) is 1. The summed E-state index contributed by atoms with van der Waals surface area (Å²) in [6, 6.07) is 7.29. The highest BCUT2D eigenvalue weighted by atomic mass is 35.5. The molecule has 0 aliphatic heterocycles. The molecular formula is C20H24ClFN2O3S. The van der Waals surface area contributed by atoms with Crippen molar-refractivity contribution in [3.63, 3.8) is 0 Å². The first-order valence-corrected chi connectivity index (χ1v) is 10.9. The van der Waals surface area contributed by atoms with E-state index in [-0.39, 0.29) is 16.8 Å². The number of amides is 1. The van der Waals surface area contributed by atoms with Crippen LogP contribution in [-0.2, 0) is 14.8 Å². The summed E-state index contributed by atoms with van der Waals surface area (Å²) in [5, 5.41) is 2.61. The number of carbonyl (C=O) groups is 1. The second-order valence-corrected chi connectivity index (χ2v) is 9.26. The Bertz CT molecular complexity index is 1010. The Morgan fingerprint density at radius 2 is 1.75 bits per heavy atom. The summed E-state index contributed by atoms with van der Waals surface area (Å²) in [7, 11) is -3.77. The number of rotatable bonds is 6. The maximum atomic E-state index is 13.4. The third kappa shape index (κ3) is 5.23. The van der Waals surface area contributed by atoms with Crippen LogP contribution in [0, 0.1) is 26.6 Å². The van der Waals surface area contributed by atoms with Gasteiger partial charge in [-0.1, -0.05) is 23.7 Å². The lowest BCUT2D eigenvalue weighted by Crippen LogP contribution is -2.41. The van der Waals surface area contributed by atoms with Gasteiger partial charge in [0.1, 0.15) is 12.4 Å². The number of nitrogens with zero attached hydrogens (tertiary/aromatic N) is 1. The number of anilines is 1. The van der Waals surface area contributed by atoms with E-state index < -0.39 is 28.3 Å². The van der Waals surface area contributed by atoms with Gasteiger partial charge < -0.3 is 5.32 Å². The SMILES string of the molecule is Cc1cc(C)c([C@H](C)NC(=O)CN(c2ccc(F)c(Cl)c2)S(C)(=O)=O)cc1C. The molecule has 2 rings (SSSR count). The molecule has 8 heteroatoms. The van der Waals surface area contributed by atoms with E-state index in [9.17, 15) is 17.6 Å². The van der Waals surface area contributed by atoms with Gasteiger partial charge in [-0.3, -0.25) is 9.10 Å². The third-order valence-corrected chi connectivity index (χ3v) is 6.04. The molecule has 0 aromatic heterocycles. The van der Waals surface area contributed by atoms with Crippen molar-refractivity contribution in [1.29, 1.82) is 0 Å². The molecule has 0 saturated carbocycles. The number of aryl methyl sites for hydroxylation is 3. The van der Waals surface area contributed by atoms with Gasteiger partial charge in [0.25, 0.3) is 0 Å². The highest BCUT2D eigenvalue weighted by Crippen LogP contribution is 2.25.